The number of carbonyl (C=O) groups is 1. The van der Waals surface area contributed by atoms with Crippen LogP contribution in [0.25, 0.3) is 0 Å². The maximum atomic E-state index is 9.44. The first kappa shape index (κ1) is 10.6. The average Bonchev–Trinajstić information content (AvgIpc) is 1.65. The van der Waals surface area contributed by atoms with Crippen molar-refractivity contribution in [1.82, 2.24) is 0 Å². The molecule has 0 fully saturated rings. The predicted molar refractivity (Wildman–Crippen MR) is 33.7 cm³/mol. The lowest BCUT2D eigenvalue weighted by Gasteiger charge is -1.69. The third kappa shape index (κ3) is 304. The van der Waals surface area contributed by atoms with Crippen LogP contribution in [0.2, 0.25) is 0 Å². The Morgan fingerprint density at radius 2 is 1.62 bits per heavy atom. The predicted octanol–water partition coefficient (Wildman–Crippen LogP) is 0.984. The van der Waals surface area contributed by atoms with Crippen LogP contribution in [0.15, 0.2) is 0 Å². The molecule has 0 aliphatic carbocycles. The summed E-state index contributed by atoms with van der Waals surface area (Å²) >= 11 is 0. The van der Waals surface area contributed by atoms with Crippen molar-refractivity contribution in [3.8, 4) is 0 Å². The molecule has 0 aromatic rings. The molecule has 0 heterocycles. The van der Waals surface area contributed by atoms with Crippen molar-refractivity contribution >= 4 is 5.78 Å². The maximum Gasteiger partial charge on any atom is 0.126 e. The van der Waals surface area contributed by atoms with Crippen LogP contribution in [0.1, 0.15) is 27.2 Å². The molecule has 0 aliphatic heterocycles. The van der Waals surface area contributed by atoms with Gasteiger partial charge in [0.25, 0.3) is 0 Å². The summed E-state index contributed by atoms with van der Waals surface area (Å²) in [6.45, 7) is 5.31. The highest BCUT2D eigenvalue weighted by Gasteiger charge is 1.62. The van der Waals surface area contributed by atoms with Gasteiger partial charge in [-0.1, -0.05) is 6.92 Å². The van der Waals surface area contributed by atoms with Gasteiger partial charge in [0.05, 0.1) is 0 Å². The summed E-state index contributed by atoms with van der Waals surface area (Å²) in [4.78, 5) is 9.44. The second kappa shape index (κ2) is 9.80. The van der Waals surface area contributed by atoms with Crippen molar-refractivity contribution in [1.29, 1.82) is 0 Å². The summed E-state index contributed by atoms with van der Waals surface area (Å²) in [5.41, 5.74) is 0. The van der Waals surface area contributed by atoms with E-state index < -0.39 is 0 Å². The normalized spacial score (nSPS) is 7.00. The van der Waals surface area contributed by atoms with Gasteiger partial charge in [-0.2, -0.15) is 0 Å². The molecule has 0 aromatic heterocycles. The van der Waals surface area contributed by atoms with Crippen LogP contribution >= 0.6 is 0 Å². The van der Waals surface area contributed by atoms with Crippen LogP contribution in [0.5, 0.6) is 0 Å². The van der Waals surface area contributed by atoms with Crippen molar-refractivity contribution < 1.29 is 9.90 Å². The molecule has 0 saturated heterocycles. The van der Waals surface area contributed by atoms with Crippen LogP contribution < -0.4 is 0 Å². The molecule has 0 aromatic carbocycles. The molecule has 50 valence electrons. The third-order valence-electron chi connectivity index (χ3n) is 0.224. The average molecular weight is 118 g/mol. The Morgan fingerprint density at radius 3 is 1.62 bits per heavy atom. The van der Waals surface area contributed by atoms with Gasteiger partial charge < -0.3 is 9.90 Å². The van der Waals surface area contributed by atoms with E-state index in [9.17, 15) is 4.79 Å². The first-order valence-electron chi connectivity index (χ1n) is 2.73. The van der Waals surface area contributed by atoms with E-state index >= 15 is 0 Å². The molecule has 0 amide bonds. The Bertz CT molecular complexity index is 44.5. The van der Waals surface area contributed by atoms with Crippen LogP contribution in [0.4, 0.5) is 0 Å². The van der Waals surface area contributed by atoms with E-state index in [1.165, 1.54) is 13.8 Å². The zero-order valence-corrected chi connectivity index (χ0v) is 5.77. The number of aliphatic hydroxyl groups is 1. The van der Waals surface area contributed by atoms with E-state index in [0.29, 0.717) is 6.61 Å². The summed E-state index contributed by atoms with van der Waals surface area (Å²) in [5.74, 6) is 0.167. The van der Waals surface area contributed by atoms with Gasteiger partial charge >= 0.3 is 0 Å². The van der Waals surface area contributed by atoms with Crippen LogP contribution in [-0.4, -0.2) is 17.5 Å². The lowest BCUT2D eigenvalue weighted by molar-refractivity contribution is -0.114. The fraction of sp³-hybridized carbons (Fsp3) is 0.833. The monoisotopic (exact) mass is 118 g/mol. The van der Waals surface area contributed by atoms with Gasteiger partial charge in [0.15, 0.2) is 0 Å². The summed E-state index contributed by atoms with van der Waals surface area (Å²) in [6.07, 6.45) is 0.875. The van der Waals surface area contributed by atoms with Crippen molar-refractivity contribution in [2.45, 2.75) is 27.2 Å². The highest BCUT2D eigenvalue weighted by molar-refractivity contribution is 5.72. The maximum absolute atomic E-state index is 9.44. The van der Waals surface area contributed by atoms with E-state index in [-0.39, 0.29) is 5.78 Å². The SMILES string of the molecule is CC(C)=O.CCCO. The first-order chi connectivity index (χ1) is 3.65. The Hall–Kier alpha value is -0.370. The highest BCUT2D eigenvalue weighted by atomic mass is 16.2. The van der Waals surface area contributed by atoms with Gasteiger partial charge in [-0.15, -0.1) is 0 Å². The Labute approximate surface area is 50.5 Å². The van der Waals surface area contributed by atoms with Crippen molar-refractivity contribution in [2.24, 2.45) is 0 Å². The van der Waals surface area contributed by atoms with E-state index in [1.807, 2.05) is 6.92 Å². The lowest BCUT2D eigenvalue weighted by Crippen LogP contribution is -1.69. The molecule has 8 heavy (non-hydrogen) atoms. The molecule has 2 heteroatoms. The van der Waals surface area contributed by atoms with Crippen LogP contribution in [0.3, 0.4) is 0 Å². The van der Waals surface area contributed by atoms with E-state index in [0.717, 1.165) is 6.42 Å². The second-order valence-electron chi connectivity index (χ2n) is 1.63. The van der Waals surface area contributed by atoms with Gasteiger partial charge in [-0.3, -0.25) is 0 Å². The molecule has 0 rings (SSSR count). The van der Waals surface area contributed by atoms with Crippen molar-refractivity contribution in [3.63, 3.8) is 0 Å². The molecule has 0 unspecified atom stereocenters. The summed E-state index contributed by atoms with van der Waals surface area (Å²) in [7, 11) is 0. The van der Waals surface area contributed by atoms with Crippen molar-refractivity contribution in [3.05, 3.63) is 0 Å². The molecular formula is C6H14O2. The van der Waals surface area contributed by atoms with E-state index in [2.05, 4.69) is 0 Å². The number of rotatable bonds is 1. The van der Waals surface area contributed by atoms with Gasteiger partial charge in [0, 0.05) is 6.61 Å². The number of aliphatic hydroxyl groups excluding tert-OH is 1. The number of hydrogen-bond donors (Lipinski definition) is 1. The van der Waals surface area contributed by atoms with Crippen LogP contribution in [-0.2, 0) is 4.79 Å². The first-order valence-corrected chi connectivity index (χ1v) is 2.73. The summed E-state index contributed by atoms with van der Waals surface area (Å²) in [6, 6.07) is 0. The molecule has 0 atom stereocenters. The number of ketones is 1. The van der Waals surface area contributed by atoms with Crippen LogP contribution in [0, 0.1) is 0 Å². The molecule has 0 spiro atoms. The molecule has 1 N–H and O–H groups in total. The van der Waals surface area contributed by atoms with Gasteiger partial charge in [-0.05, 0) is 20.3 Å². The summed E-state index contributed by atoms with van der Waals surface area (Å²) < 4.78 is 0. The molecule has 0 aliphatic rings. The number of hydrogen-bond acceptors (Lipinski definition) is 2. The van der Waals surface area contributed by atoms with Gasteiger partial charge in [0.1, 0.15) is 5.78 Å². The van der Waals surface area contributed by atoms with E-state index in [4.69, 9.17) is 5.11 Å². The molecule has 0 saturated carbocycles. The largest absolute Gasteiger partial charge is 0.396 e. The quantitative estimate of drug-likeness (QED) is 0.557. The highest BCUT2D eigenvalue weighted by Crippen LogP contribution is 1.61. The number of Topliss-reactive ketones (excluding diaryl/α,β-unsaturated/α-hetero) is 1. The lowest BCUT2D eigenvalue weighted by atomic mass is 10.5. The Morgan fingerprint density at radius 1 is 1.50 bits per heavy atom. The van der Waals surface area contributed by atoms with E-state index in [1.54, 1.807) is 0 Å². The van der Waals surface area contributed by atoms with Gasteiger partial charge in [0.2, 0.25) is 0 Å². The Balaban J connectivity index is 0. The topological polar surface area (TPSA) is 37.3 Å². The summed E-state index contributed by atoms with van der Waals surface area (Å²) in [5, 5.41) is 7.88. The fourth-order valence-corrected chi connectivity index (χ4v) is 0. The van der Waals surface area contributed by atoms with Gasteiger partial charge in [-0.25, -0.2) is 0 Å². The minimum Gasteiger partial charge on any atom is -0.396 e. The fourth-order valence-electron chi connectivity index (χ4n) is 0. The minimum atomic E-state index is 0.167. The Kier molecular flexibility index (Phi) is 13.0. The zero-order valence-electron chi connectivity index (χ0n) is 5.77. The molecule has 2 nitrogen and oxygen atoms in total. The van der Waals surface area contributed by atoms with Crippen molar-refractivity contribution in [2.75, 3.05) is 6.61 Å². The molecule has 0 bridgehead atoms. The number of carbonyl (C=O) groups excluding carboxylic acids is 1. The smallest absolute Gasteiger partial charge is 0.126 e. The third-order valence-corrected chi connectivity index (χ3v) is 0.224. The standard InChI is InChI=1S/C3H6O.C3H8O/c1-3(2)4;1-2-3-4/h1-2H3;4H,2-3H2,1H3. The second-order valence-corrected chi connectivity index (χ2v) is 1.63. The molecule has 0 radical (unpaired) electrons. The zero-order chi connectivity index (χ0) is 6.99. The minimum absolute atomic E-state index is 0.167. The molecular weight excluding hydrogens is 104 g/mol.